The minimum absolute atomic E-state index is 0.104. The molecular formula is C17H14N2O. The molecule has 1 N–H and O–H groups in total. The molecule has 98 valence electrons. The van der Waals surface area contributed by atoms with Crippen LogP contribution >= 0.6 is 0 Å². The highest BCUT2D eigenvalue weighted by atomic mass is 16.1. The van der Waals surface area contributed by atoms with Crippen molar-refractivity contribution in [2.75, 3.05) is 5.32 Å². The van der Waals surface area contributed by atoms with Gasteiger partial charge >= 0.3 is 0 Å². The lowest BCUT2D eigenvalue weighted by molar-refractivity contribution is -0.112. The summed E-state index contributed by atoms with van der Waals surface area (Å²) in [4.78, 5) is 11.5. The van der Waals surface area contributed by atoms with Crippen molar-refractivity contribution in [2.45, 2.75) is 6.92 Å². The normalized spacial score (nSPS) is 9.60. The van der Waals surface area contributed by atoms with Crippen molar-refractivity contribution >= 4 is 11.6 Å². The number of carbonyl (C=O) groups excluding carboxylic acids is 1. The van der Waals surface area contributed by atoms with E-state index in [1.54, 1.807) is 18.2 Å². The lowest BCUT2D eigenvalue weighted by Gasteiger charge is -2.06. The van der Waals surface area contributed by atoms with Gasteiger partial charge in [-0.3, -0.25) is 4.79 Å². The average molecular weight is 262 g/mol. The van der Waals surface area contributed by atoms with E-state index in [2.05, 4.69) is 36.2 Å². The molecule has 0 aliphatic heterocycles. The summed E-state index contributed by atoms with van der Waals surface area (Å²) in [5.41, 5.74) is 3.94. The van der Waals surface area contributed by atoms with Gasteiger partial charge in [-0.15, -0.1) is 0 Å². The Hall–Kier alpha value is -2.86. The van der Waals surface area contributed by atoms with E-state index in [1.807, 2.05) is 19.1 Å². The summed E-state index contributed by atoms with van der Waals surface area (Å²) in [6.07, 6.45) is 0. The Labute approximate surface area is 118 Å². The van der Waals surface area contributed by atoms with Crippen LogP contribution in [0.25, 0.3) is 11.1 Å². The number of nitrogens with one attached hydrogen (secondary N) is 1. The fraction of sp³-hybridized carbons (Fsp3) is 0.0588. The highest BCUT2D eigenvalue weighted by Crippen LogP contribution is 2.21. The highest BCUT2D eigenvalue weighted by Gasteiger charge is 2.06. The second kappa shape index (κ2) is 5.85. The minimum atomic E-state index is -0.476. The van der Waals surface area contributed by atoms with Crippen LogP contribution in [0.4, 0.5) is 5.69 Å². The van der Waals surface area contributed by atoms with Crippen LogP contribution < -0.4 is 5.32 Å². The maximum absolute atomic E-state index is 11.5. The second-order valence-corrected chi connectivity index (χ2v) is 4.49. The molecule has 0 bridgehead atoms. The number of anilines is 1. The summed E-state index contributed by atoms with van der Waals surface area (Å²) < 4.78 is 0. The molecule has 2 aromatic carbocycles. The van der Waals surface area contributed by atoms with E-state index in [4.69, 9.17) is 5.26 Å². The third kappa shape index (κ3) is 3.12. The van der Waals surface area contributed by atoms with Crippen LogP contribution in [0.5, 0.6) is 0 Å². The Morgan fingerprint density at radius 3 is 2.05 bits per heavy atom. The van der Waals surface area contributed by atoms with Crippen LogP contribution in [0.2, 0.25) is 0 Å². The van der Waals surface area contributed by atoms with Crippen LogP contribution in [0, 0.1) is 18.3 Å². The van der Waals surface area contributed by atoms with Crippen molar-refractivity contribution in [3.63, 3.8) is 0 Å². The summed E-state index contributed by atoms with van der Waals surface area (Å²) in [6.45, 7) is 5.42. The molecule has 3 heteroatoms. The number of aryl methyl sites for hydroxylation is 1. The van der Waals surface area contributed by atoms with Gasteiger partial charge in [-0.1, -0.05) is 48.5 Å². The molecule has 0 saturated carbocycles. The molecule has 0 aliphatic rings. The van der Waals surface area contributed by atoms with E-state index in [1.165, 1.54) is 5.56 Å². The number of rotatable bonds is 3. The van der Waals surface area contributed by atoms with Crippen molar-refractivity contribution in [1.82, 2.24) is 0 Å². The van der Waals surface area contributed by atoms with Gasteiger partial charge in [0, 0.05) is 5.69 Å². The van der Waals surface area contributed by atoms with Gasteiger partial charge in [-0.05, 0) is 30.2 Å². The predicted octanol–water partition coefficient (Wildman–Crippen LogP) is 3.68. The molecule has 0 atom stereocenters. The van der Waals surface area contributed by atoms with Crippen molar-refractivity contribution in [2.24, 2.45) is 0 Å². The van der Waals surface area contributed by atoms with Crippen LogP contribution in [0.15, 0.2) is 60.7 Å². The smallest absolute Gasteiger partial charge is 0.265 e. The van der Waals surface area contributed by atoms with Gasteiger partial charge in [-0.2, -0.15) is 5.26 Å². The molecule has 2 aromatic rings. The Morgan fingerprint density at radius 2 is 1.55 bits per heavy atom. The summed E-state index contributed by atoms with van der Waals surface area (Å²) in [7, 11) is 0. The zero-order valence-corrected chi connectivity index (χ0v) is 11.2. The topological polar surface area (TPSA) is 52.9 Å². The number of nitrogens with zero attached hydrogens (tertiary/aromatic N) is 1. The molecule has 0 aromatic heterocycles. The molecule has 20 heavy (non-hydrogen) atoms. The first-order valence-corrected chi connectivity index (χ1v) is 6.17. The maximum atomic E-state index is 11.5. The summed E-state index contributed by atoms with van der Waals surface area (Å²) in [6, 6.07) is 17.4. The average Bonchev–Trinajstić information content (AvgIpc) is 2.48. The molecule has 0 saturated heterocycles. The van der Waals surface area contributed by atoms with E-state index >= 15 is 0 Å². The van der Waals surface area contributed by atoms with Crippen molar-refractivity contribution in [3.8, 4) is 17.2 Å². The van der Waals surface area contributed by atoms with Gasteiger partial charge in [0.2, 0.25) is 0 Å². The van der Waals surface area contributed by atoms with Gasteiger partial charge in [0.15, 0.2) is 0 Å². The third-order valence-electron chi connectivity index (χ3n) is 2.94. The summed E-state index contributed by atoms with van der Waals surface area (Å²) in [5, 5.41) is 11.2. The third-order valence-corrected chi connectivity index (χ3v) is 2.94. The maximum Gasteiger partial charge on any atom is 0.265 e. The van der Waals surface area contributed by atoms with Crippen LogP contribution in [0.1, 0.15) is 5.56 Å². The minimum Gasteiger partial charge on any atom is -0.321 e. The monoisotopic (exact) mass is 262 g/mol. The zero-order chi connectivity index (χ0) is 14.5. The number of carbonyl (C=O) groups is 1. The second-order valence-electron chi connectivity index (χ2n) is 4.49. The number of hydrogen-bond acceptors (Lipinski definition) is 2. The Kier molecular flexibility index (Phi) is 3.97. The summed E-state index contributed by atoms with van der Waals surface area (Å²) in [5.74, 6) is -0.476. The van der Waals surface area contributed by atoms with Gasteiger partial charge in [0.1, 0.15) is 11.6 Å². The van der Waals surface area contributed by atoms with E-state index in [0.717, 1.165) is 11.1 Å². The molecule has 0 fully saturated rings. The van der Waals surface area contributed by atoms with Crippen molar-refractivity contribution < 1.29 is 4.79 Å². The Bertz CT molecular complexity index is 676. The molecule has 3 nitrogen and oxygen atoms in total. The van der Waals surface area contributed by atoms with Gasteiger partial charge in [0.25, 0.3) is 5.91 Å². The molecule has 1 amide bonds. The van der Waals surface area contributed by atoms with Crippen LogP contribution in [0.3, 0.4) is 0 Å². The van der Waals surface area contributed by atoms with Gasteiger partial charge in [0.05, 0.1) is 0 Å². The van der Waals surface area contributed by atoms with Gasteiger partial charge < -0.3 is 5.32 Å². The van der Waals surface area contributed by atoms with E-state index < -0.39 is 5.91 Å². The fourth-order valence-corrected chi connectivity index (χ4v) is 1.75. The molecule has 0 spiro atoms. The lowest BCUT2D eigenvalue weighted by atomic mass is 10.0. The van der Waals surface area contributed by atoms with Gasteiger partial charge in [-0.25, -0.2) is 0 Å². The quantitative estimate of drug-likeness (QED) is 0.677. The van der Waals surface area contributed by atoms with Crippen molar-refractivity contribution in [1.29, 1.82) is 5.26 Å². The molecule has 0 aliphatic carbocycles. The lowest BCUT2D eigenvalue weighted by Crippen LogP contribution is -2.12. The Balaban J connectivity index is 2.14. The van der Waals surface area contributed by atoms with E-state index in [9.17, 15) is 4.79 Å². The van der Waals surface area contributed by atoms with Crippen molar-refractivity contribution in [3.05, 3.63) is 66.2 Å². The standard InChI is InChI=1S/C17H14N2O/c1-12-3-5-14(6-4-12)15-7-9-16(10-8-15)19-17(20)13(2)11-18/h3-10H,2H2,1H3,(H,19,20). The molecule has 0 heterocycles. The molecule has 0 radical (unpaired) electrons. The predicted molar refractivity (Wildman–Crippen MR) is 80.0 cm³/mol. The first kappa shape index (κ1) is 13.6. The fourth-order valence-electron chi connectivity index (χ4n) is 1.75. The molecule has 2 rings (SSSR count). The first-order valence-electron chi connectivity index (χ1n) is 6.17. The number of hydrogen-bond donors (Lipinski definition) is 1. The Morgan fingerprint density at radius 1 is 1.05 bits per heavy atom. The van der Waals surface area contributed by atoms with E-state index in [0.29, 0.717) is 5.69 Å². The number of amides is 1. The van der Waals surface area contributed by atoms with Crippen LogP contribution in [-0.2, 0) is 4.79 Å². The zero-order valence-electron chi connectivity index (χ0n) is 11.2. The molecule has 0 unspecified atom stereocenters. The summed E-state index contributed by atoms with van der Waals surface area (Å²) >= 11 is 0. The largest absolute Gasteiger partial charge is 0.321 e. The first-order chi connectivity index (χ1) is 9.60. The van der Waals surface area contributed by atoms with Crippen LogP contribution in [-0.4, -0.2) is 5.91 Å². The number of nitriles is 1. The number of benzene rings is 2. The molecular weight excluding hydrogens is 248 g/mol. The SMILES string of the molecule is C=C(C#N)C(=O)Nc1ccc(-c2ccc(C)cc2)cc1. The highest BCUT2D eigenvalue weighted by molar-refractivity contribution is 6.06. The van der Waals surface area contributed by atoms with E-state index in [-0.39, 0.29) is 5.57 Å².